The van der Waals surface area contributed by atoms with E-state index in [1.165, 1.54) is 11.8 Å². The molecule has 10 nitrogen and oxygen atoms in total. The van der Waals surface area contributed by atoms with Crippen LogP contribution in [0.3, 0.4) is 0 Å². The molecule has 1 aliphatic heterocycles. The molecular weight excluding hydrogens is 548 g/mol. The lowest BCUT2D eigenvalue weighted by atomic mass is 9.82. The van der Waals surface area contributed by atoms with Crippen molar-refractivity contribution in [1.82, 2.24) is 4.90 Å². The molecule has 0 N–H and O–H groups in total. The van der Waals surface area contributed by atoms with Gasteiger partial charge in [-0.1, -0.05) is 18.8 Å². The third-order valence-corrected chi connectivity index (χ3v) is 8.23. The fourth-order valence-corrected chi connectivity index (χ4v) is 5.71. The molecule has 3 heterocycles. The number of carbonyl (C=O) groups is 3. The molecule has 1 saturated heterocycles. The summed E-state index contributed by atoms with van der Waals surface area (Å²) in [5.41, 5.74) is 0.00992. The van der Waals surface area contributed by atoms with Crippen molar-refractivity contribution in [1.29, 1.82) is 0 Å². The lowest BCUT2D eigenvalue weighted by Gasteiger charge is -2.33. The van der Waals surface area contributed by atoms with Gasteiger partial charge in [-0.15, -0.1) is 11.3 Å². The molecule has 1 aliphatic carbocycles. The van der Waals surface area contributed by atoms with Gasteiger partial charge in [-0.25, -0.2) is 9.59 Å². The molecule has 222 valence electrons. The standard InChI is InChI=1S/C30H38N2O8S/c1-19-6-8-21(9-7-19)27(34)32(17-25(33)31-12-14-37-15-13-31)23-16-22(10-11-30(3,4)5)41-26(23)28(35)38-18-24-20(2)39-29(36)40-24/h16,19,21H,6-9,12-15,17-18H2,1-5H3/t19-,21-. The number of esters is 1. The summed E-state index contributed by atoms with van der Waals surface area (Å²) in [6.07, 6.45) is 3.30. The molecule has 0 spiro atoms. The number of rotatable bonds is 7. The van der Waals surface area contributed by atoms with Crippen LogP contribution in [0.2, 0.25) is 0 Å². The number of amides is 2. The fraction of sp³-hybridized carbons (Fsp3) is 0.600. The van der Waals surface area contributed by atoms with Crippen molar-refractivity contribution >= 4 is 34.8 Å². The Balaban J connectivity index is 1.70. The molecule has 0 unspecified atom stereocenters. The molecule has 0 atom stereocenters. The molecule has 0 bridgehead atoms. The van der Waals surface area contributed by atoms with E-state index in [0.29, 0.717) is 42.8 Å². The van der Waals surface area contributed by atoms with Gasteiger partial charge in [-0.3, -0.25) is 9.59 Å². The zero-order chi connectivity index (χ0) is 29.7. The maximum absolute atomic E-state index is 14.0. The summed E-state index contributed by atoms with van der Waals surface area (Å²) in [6.45, 7) is 10.9. The highest BCUT2D eigenvalue weighted by Crippen LogP contribution is 2.36. The zero-order valence-corrected chi connectivity index (χ0v) is 25.2. The topological polar surface area (TPSA) is 120 Å². The first-order valence-corrected chi connectivity index (χ1v) is 14.8. The minimum atomic E-state index is -0.884. The molecule has 0 radical (unpaired) electrons. The molecule has 4 rings (SSSR count). The number of carbonyl (C=O) groups excluding carboxylic acids is 3. The monoisotopic (exact) mass is 586 g/mol. The van der Waals surface area contributed by atoms with Gasteiger partial charge in [0.05, 0.1) is 23.8 Å². The van der Waals surface area contributed by atoms with E-state index in [1.807, 2.05) is 20.8 Å². The zero-order valence-electron chi connectivity index (χ0n) is 24.4. The number of anilines is 1. The molecule has 2 fully saturated rings. The van der Waals surface area contributed by atoms with E-state index in [0.717, 1.165) is 37.0 Å². The smallest absolute Gasteiger partial charge is 0.453 e. The van der Waals surface area contributed by atoms with Gasteiger partial charge in [0.1, 0.15) is 11.4 Å². The number of ether oxygens (including phenoxy) is 2. The maximum atomic E-state index is 14.0. The number of nitrogens with zero attached hydrogens (tertiary/aromatic N) is 2. The summed E-state index contributed by atoms with van der Waals surface area (Å²) in [6, 6.07) is 1.69. The number of thiophene rings is 1. The Morgan fingerprint density at radius 1 is 1.12 bits per heavy atom. The molecule has 1 saturated carbocycles. The van der Waals surface area contributed by atoms with E-state index in [2.05, 4.69) is 18.8 Å². The van der Waals surface area contributed by atoms with Crippen LogP contribution in [0.25, 0.3) is 0 Å². The Hall–Kier alpha value is -3.36. The minimum absolute atomic E-state index is 0.0981. The van der Waals surface area contributed by atoms with E-state index in [9.17, 15) is 19.2 Å². The van der Waals surface area contributed by atoms with Crippen LogP contribution in [0.1, 0.15) is 79.4 Å². The van der Waals surface area contributed by atoms with Crippen LogP contribution in [-0.4, -0.2) is 55.5 Å². The van der Waals surface area contributed by atoms with Gasteiger partial charge in [0.2, 0.25) is 11.8 Å². The van der Waals surface area contributed by atoms with Crippen LogP contribution >= 0.6 is 11.3 Å². The summed E-state index contributed by atoms with van der Waals surface area (Å²) in [5, 5.41) is 0. The van der Waals surface area contributed by atoms with E-state index in [-0.39, 0.29) is 52.7 Å². The van der Waals surface area contributed by atoms with Crippen LogP contribution < -0.4 is 10.7 Å². The molecule has 2 aliphatic rings. The van der Waals surface area contributed by atoms with Crippen molar-refractivity contribution in [2.45, 2.75) is 66.9 Å². The Morgan fingerprint density at radius 2 is 1.80 bits per heavy atom. The van der Waals surface area contributed by atoms with Crippen molar-refractivity contribution in [3.8, 4) is 11.8 Å². The summed E-state index contributed by atoms with van der Waals surface area (Å²) in [4.78, 5) is 56.2. The van der Waals surface area contributed by atoms with Gasteiger partial charge in [0.25, 0.3) is 0 Å². The normalized spacial score (nSPS) is 19.3. The van der Waals surface area contributed by atoms with Gasteiger partial charge in [0, 0.05) is 24.4 Å². The highest BCUT2D eigenvalue weighted by Gasteiger charge is 2.34. The lowest BCUT2D eigenvalue weighted by Crippen LogP contribution is -2.49. The van der Waals surface area contributed by atoms with Crippen LogP contribution in [0, 0.1) is 36.0 Å². The maximum Gasteiger partial charge on any atom is 0.519 e. The van der Waals surface area contributed by atoms with E-state index >= 15 is 0 Å². The van der Waals surface area contributed by atoms with Gasteiger partial charge >= 0.3 is 11.8 Å². The largest absolute Gasteiger partial charge is 0.519 e. The predicted octanol–water partition coefficient (Wildman–Crippen LogP) is 4.38. The minimum Gasteiger partial charge on any atom is -0.453 e. The molecule has 41 heavy (non-hydrogen) atoms. The lowest BCUT2D eigenvalue weighted by molar-refractivity contribution is -0.135. The first-order valence-electron chi connectivity index (χ1n) is 14.0. The van der Waals surface area contributed by atoms with Crippen molar-refractivity contribution in [2.24, 2.45) is 17.3 Å². The third-order valence-electron chi connectivity index (χ3n) is 7.21. The molecular formula is C30H38N2O8S. The van der Waals surface area contributed by atoms with Crippen LogP contribution in [0.4, 0.5) is 5.69 Å². The Morgan fingerprint density at radius 3 is 2.41 bits per heavy atom. The summed E-state index contributed by atoms with van der Waals surface area (Å²) >= 11 is 1.11. The Labute approximate surface area is 244 Å². The highest BCUT2D eigenvalue weighted by atomic mass is 32.1. The second-order valence-electron chi connectivity index (χ2n) is 11.7. The van der Waals surface area contributed by atoms with E-state index in [4.69, 9.17) is 18.3 Å². The molecule has 2 aromatic heterocycles. The van der Waals surface area contributed by atoms with Gasteiger partial charge < -0.3 is 28.1 Å². The highest BCUT2D eigenvalue weighted by molar-refractivity contribution is 7.15. The number of morpholine rings is 1. The summed E-state index contributed by atoms with van der Waals surface area (Å²) < 4.78 is 20.7. The van der Waals surface area contributed by atoms with Crippen molar-refractivity contribution in [3.05, 3.63) is 38.0 Å². The third kappa shape index (κ3) is 8.11. The quantitative estimate of drug-likeness (QED) is 0.347. The SMILES string of the molecule is Cc1oc(=O)oc1COC(=O)c1sc(C#CC(C)(C)C)cc1N(CC(=O)N1CCOCC1)C(=O)[C@H]1CC[C@H](C)CC1. The second-order valence-corrected chi connectivity index (χ2v) is 12.8. The number of hydrogen-bond acceptors (Lipinski definition) is 9. The molecule has 2 amide bonds. The molecule has 0 aromatic carbocycles. The van der Waals surface area contributed by atoms with Crippen LogP contribution in [-0.2, 0) is 25.7 Å². The van der Waals surface area contributed by atoms with Crippen molar-refractivity contribution in [3.63, 3.8) is 0 Å². The predicted molar refractivity (Wildman–Crippen MR) is 153 cm³/mol. The van der Waals surface area contributed by atoms with E-state index < -0.39 is 11.8 Å². The van der Waals surface area contributed by atoms with Gasteiger partial charge in [-0.2, -0.15) is 0 Å². The van der Waals surface area contributed by atoms with Gasteiger partial charge in [0.15, 0.2) is 18.1 Å². The average molecular weight is 587 g/mol. The Bertz CT molecular complexity index is 1370. The van der Waals surface area contributed by atoms with Gasteiger partial charge in [-0.05, 0) is 65.4 Å². The average Bonchev–Trinajstić information content (AvgIpc) is 3.51. The summed E-state index contributed by atoms with van der Waals surface area (Å²) in [7, 11) is 0. The first kappa shape index (κ1) is 30.6. The van der Waals surface area contributed by atoms with Crippen LogP contribution in [0.5, 0.6) is 0 Å². The summed E-state index contributed by atoms with van der Waals surface area (Å²) in [5.74, 6) is 4.89. The van der Waals surface area contributed by atoms with Crippen molar-refractivity contribution in [2.75, 3.05) is 37.7 Å². The second kappa shape index (κ2) is 13.1. The van der Waals surface area contributed by atoms with Crippen LogP contribution in [0.15, 0.2) is 19.7 Å². The Kier molecular flexibility index (Phi) is 9.76. The van der Waals surface area contributed by atoms with E-state index in [1.54, 1.807) is 11.0 Å². The number of aryl methyl sites for hydroxylation is 1. The molecule has 2 aromatic rings. The number of hydrogen-bond donors (Lipinski definition) is 0. The molecule has 11 heteroatoms. The van der Waals surface area contributed by atoms with Crippen molar-refractivity contribution < 1.29 is 32.7 Å². The first-order chi connectivity index (χ1) is 19.4. The fourth-order valence-electron chi connectivity index (χ4n) is 4.80.